The standard InChI is InChI=1S/C19H29BrN2O4/c1-11(2)21-17(25)22-16(24)12(3)26-15(23)9-18-5-13-4-14(6-18)8-19(20,7-13)10-18/h11-14H,4-10H2,1-3H3,(H2,21,22,24,25). The Morgan fingerprint density at radius 1 is 1.12 bits per heavy atom. The fraction of sp³-hybridized carbons (Fsp3) is 0.842. The number of imide groups is 1. The number of nitrogens with one attached hydrogen (secondary N) is 2. The molecule has 26 heavy (non-hydrogen) atoms. The first-order valence-electron chi connectivity index (χ1n) is 9.58. The topological polar surface area (TPSA) is 84.5 Å². The third-order valence-corrected chi connectivity index (χ3v) is 6.89. The van der Waals surface area contributed by atoms with Crippen LogP contribution in [-0.2, 0) is 14.3 Å². The molecule has 0 aromatic heterocycles. The lowest BCUT2D eigenvalue weighted by Crippen LogP contribution is -2.53. The van der Waals surface area contributed by atoms with Gasteiger partial charge in [-0.1, -0.05) is 15.9 Å². The largest absolute Gasteiger partial charge is 0.453 e. The van der Waals surface area contributed by atoms with Crippen LogP contribution < -0.4 is 10.6 Å². The fourth-order valence-corrected chi connectivity index (χ4v) is 7.16. The molecule has 2 N–H and O–H groups in total. The summed E-state index contributed by atoms with van der Waals surface area (Å²) in [6, 6.07) is -0.650. The van der Waals surface area contributed by atoms with Gasteiger partial charge in [0.15, 0.2) is 6.10 Å². The van der Waals surface area contributed by atoms with Crippen LogP contribution in [0.2, 0.25) is 0 Å². The maximum Gasteiger partial charge on any atom is 0.321 e. The molecule has 4 rings (SSSR count). The molecule has 4 aliphatic rings. The van der Waals surface area contributed by atoms with Crippen molar-refractivity contribution < 1.29 is 19.1 Å². The maximum atomic E-state index is 12.5. The smallest absolute Gasteiger partial charge is 0.321 e. The van der Waals surface area contributed by atoms with Gasteiger partial charge in [-0.15, -0.1) is 0 Å². The number of carbonyl (C=O) groups is 3. The van der Waals surface area contributed by atoms with E-state index in [4.69, 9.17) is 4.74 Å². The Morgan fingerprint density at radius 2 is 1.73 bits per heavy atom. The molecular formula is C19H29BrN2O4. The van der Waals surface area contributed by atoms with E-state index < -0.39 is 18.0 Å². The third-order valence-electron chi connectivity index (χ3n) is 5.96. The van der Waals surface area contributed by atoms with Crippen molar-refractivity contribution in [1.82, 2.24) is 10.6 Å². The predicted molar refractivity (Wildman–Crippen MR) is 101 cm³/mol. The van der Waals surface area contributed by atoms with Gasteiger partial charge in [0.2, 0.25) is 0 Å². The van der Waals surface area contributed by atoms with Crippen LogP contribution in [0.15, 0.2) is 0 Å². The second-order valence-electron chi connectivity index (χ2n) is 9.04. The summed E-state index contributed by atoms with van der Waals surface area (Å²) in [6.07, 6.45) is 6.28. The molecule has 0 heterocycles. The van der Waals surface area contributed by atoms with Crippen molar-refractivity contribution in [3.8, 4) is 0 Å². The highest BCUT2D eigenvalue weighted by atomic mass is 79.9. The van der Waals surface area contributed by atoms with Crippen LogP contribution in [0.25, 0.3) is 0 Å². The van der Waals surface area contributed by atoms with Gasteiger partial charge < -0.3 is 10.1 Å². The number of urea groups is 1. The molecule has 4 bridgehead atoms. The van der Waals surface area contributed by atoms with Gasteiger partial charge in [0.25, 0.3) is 5.91 Å². The zero-order valence-corrected chi connectivity index (χ0v) is 17.4. The molecule has 3 atom stereocenters. The lowest BCUT2D eigenvalue weighted by atomic mass is 9.49. The van der Waals surface area contributed by atoms with Gasteiger partial charge in [0.1, 0.15) is 0 Å². The Balaban J connectivity index is 1.52. The highest BCUT2D eigenvalue weighted by molar-refractivity contribution is 9.10. The van der Waals surface area contributed by atoms with Crippen LogP contribution >= 0.6 is 15.9 Å². The lowest BCUT2D eigenvalue weighted by Gasteiger charge is -2.60. The first-order chi connectivity index (χ1) is 12.1. The molecule has 3 amide bonds. The molecule has 3 unspecified atom stereocenters. The average Bonchev–Trinajstić information content (AvgIpc) is 2.42. The van der Waals surface area contributed by atoms with E-state index in [9.17, 15) is 14.4 Å². The Kier molecular flexibility index (Phi) is 5.39. The van der Waals surface area contributed by atoms with E-state index in [-0.39, 0.29) is 21.8 Å². The van der Waals surface area contributed by atoms with E-state index in [1.165, 1.54) is 26.2 Å². The number of ether oxygens (including phenoxy) is 1. The number of amides is 3. The highest BCUT2D eigenvalue weighted by Crippen LogP contribution is 2.65. The summed E-state index contributed by atoms with van der Waals surface area (Å²) in [5, 5.41) is 4.78. The summed E-state index contributed by atoms with van der Waals surface area (Å²) in [6.45, 7) is 5.10. The van der Waals surface area contributed by atoms with Gasteiger partial charge in [-0.25, -0.2) is 4.79 Å². The number of rotatable bonds is 5. The quantitative estimate of drug-likeness (QED) is 0.519. The minimum atomic E-state index is -0.979. The first-order valence-corrected chi connectivity index (χ1v) is 10.4. The summed E-state index contributed by atoms with van der Waals surface area (Å²) in [4.78, 5) is 36.1. The van der Waals surface area contributed by atoms with Gasteiger partial charge in [0, 0.05) is 10.4 Å². The molecule has 4 saturated carbocycles. The molecule has 146 valence electrons. The lowest BCUT2D eigenvalue weighted by molar-refractivity contribution is -0.160. The summed E-state index contributed by atoms with van der Waals surface area (Å²) in [5.41, 5.74) is 0.00980. The number of carbonyl (C=O) groups excluding carboxylic acids is 3. The summed E-state index contributed by atoms with van der Waals surface area (Å²) >= 11 is 3.94. The van der Waals surface area contributed by atoms with Crippen molar-refractivity contribution in [2.75, 3.05) is 0 Å². The van der Waals surface area contributed by atoms with Crippen molar-refractivity contribution in [3.05, 3.63) is 0 Å². The number of alkyl halides is 1. The molecule has 6 nitrogen and oxygen atoms in total. The summed E-state index contributed by atoms with van der Waals surface area (Å²) in [5.74, 6) is 0.460. The SMILES string of the molecule is CC(C)NC(=O)NC(=O)C(C)OC(=O)CC12CC3CC(CC(Br)(C3)C1)C2. The second kappa shape index (κ2) is 7.13. The van der Waals surface area contributed by atoms with Crippen LogP contribution in [0.3, 0.4) is 0 Å². The maximum absolute atomic E-state index is 12.5. The Bertz CT molecular complexity index is 592. The normalized spacial score (nSPS) is 35.9. The van der Waals surface area contributed by atoms with Crippen molar-refractivity contribution in [2.45, 2.75) is 82.2 Å². The zero-order chi connectivity index (χ0) is 19.1. The zero-order valence-electron chi connectivity index (χ0n) is 15.8. The number of hydrogen-bond acceptors (Lipinski definition) is 4. The molecule has 4 fully saturated rings. The van der Waals surface area contributed by atoms with Crippen LogP contribution in [-0.4, -0.2) is 34.4 Å². The van der Waals surface area contributed by atoms with Crippen LogP contribution in [0.4, 0.5) is 4.79 Å². The van der Waals surface area contributed by atoms with Crippen molar-refractivity contribution >= 4 is 33.8 Å². The number of hydrogen-bond donors (Lipinski definition) is 2. The molecule has 0 radical (unpaired) electrons. The molecule has 0 aliphatic heterocycles. The number of halogens is 1. The molecule has 7 heteroatoms. The summed E-state index contributed by atoms with van der Waals surface area (Å²) < 4.78 is 5.53. The van der Waals surface area contributed by atoms with Crippen LogP contribution in [0, 0.1) is 17.3 Å². The van der Waals surface area contributed by atoms with Crippen molar-refractivity contribution in [3.63, 3.8) is 0 Å². The van der Waals surface area contributed by atoms with E-state index in [1.54, 1.807) is 13.8 Å². The summed E-state index contributed by atoms with van der Waals surface area (Å²) in [7, 11) is 0. The highest BCUT2D eigenvalue weighted by Gasteiger charge is 2.57. The van der Waals surface area contributed by atoms with Crippen LogP contribution in [0.5, 0.6) is 0 Å². The minimum absolute atomic E-state index is 0.00980. The molecule has 0 saturated heterocycles. The van der Waals surface area contributed by atoms with Crippen molar-refractivity contribution in [1.29, 1.82) is 0 Å². The Hall–Kier alpha value is -1.11. The molecule has 0 aromatic carbocycles. The monoisotopic (exact) mass is 428 g/mol. The van der Waals surface area contributed by atoms with E-state index in [0.29, 0.717) is 18.3 Å². The van der Waals surface area contributed by atoms with E-state index >= 15 is 0 Å². The number of esters is 1. The van der Waals surface area contributed by atoms with E-state index in [0.717, 1.165) is 19.3 Å². The third kappa shape index (κ3) is 4.41. The van der Waals surface area contributed by atoms with Crippen LogP contribution in [0.1, 0.15) is 65.7 Å². The Morgan fingerprint density at radius 3 is 2.27 bits per heavy atom. The van der Waals surface area contributed by atoms with E-state index in [2.05, 4.69) is 26.6 Å². The van der Waals surface area contributed by atoms with Gasteiger partial charge in [-0.05, 0) is 76.5 Å². The average molecular weight is 429 g/mol. The van der Waals surface area contributed by atoms with Gasteiger partial charge in [-0.3, -0.25) is 14.9 Å². The van der Waals surface area contributed by atoms with Crippen molar-refractivity contribution in [2.24, 2.45) is 17.3 Å². The molecular weight excluding hydrogens is 400 g/mol. The van der Waals surface area contributed by atoms with Gasteiger partial charge in [0.05, 0.1) is 6.42 Å². The predicted octanol–water partition coefficient (Wildman–Crippen LogP) is 3.28. The first kappa shape index (κ1) is 19.6. The molecule has 0 spiro atoms. The van der Waals surface area contributed by atoms with Gasteiger partial charge >= 0.3 is 12.0 Å². The van der Waals surface area contributed by atoms with Gasteiger partial charge in [-0.2, -0.15) is 0 Å². The molecule has 0 aromatic rings. The second-order valence-corrected chi connectivity index (χ2v) is 10.7. The molecule has 4 aliphatic carbocycles. The fourth-order valence-electron chi connectivity index (χ4n) is 5.65. The Labute approximate surface area is 163 Å². The minimum Gasteiger partial charge on any atom is -0.453 e. The van der Waals surface area contributed by atoms with E-state index in [1.807, 2.05) is 0 Å².